The second kappa shape index (κ2) is 10.3. The number of aromatic nitrogens is 1. The van der Waals surface area contributed by atoms with E-state index < -0.39 is 12.0 Å². The van der Waals surface area contributed by atoms with Crippen LogP contribution in [0.15, 0.2) is 82.7 Å². The summed E-state index contributed by atoms with van der Waals surface area (Å²) in [4.78, 5) is 23.4. The van der Waals surface area contributed by atoms with Crippen molar-refractivity contribution in [2.45, 2.75) is 19.0 Å². The van der Waals surface area contributed by atoms with Crippen LogP contribution in [-0.4, -0.2) is 39.2 Å². The van der Waals surface area contributed by atoms with Crippen LogP contribution in [0.25, 0.3) is 10.2 Å². The molecule has 174 valence electrons. The molecule has 4 aromatic rings. The summed E-state index contributed by atoms with van der Waals surface area (Å²) in [5, 5.41) is 21.9. The highest BCUT2D eigenvalue weighted by Gasteiger charge is 2.14. The summed E-state index contributed by atoms with van der Waals surface area (Å²) in [7, 11) is 0. The number of carboxylic acid groups (broad SMARTS) is 1. The number of nitrogens with two attached hydrogens (primary N) is 1. The van der Waals surface area contributed by atoms with Crippen LogP contribution in [0.4, 0.5) is 0 Å². The molecule has 4 N–H and O–H groups in total. The van der Waals surface area contributed by atoms with Crippen molar-refractivity contribution < 1.29 is 19.8 Å². The van der Waals surface area contributed by atoms with Crippen molar-refractivity contribution in [3.8, 4) is 5.75 Å². The minimum Gasteiger partial charge on any atom is -0.492 e. The van der Waals surface area contributed by atoms with E-state index in [1.807, 2.05) is 48.5 Å². The van der Waals surface area contributed by atoms with E-state index in [2.05, 4.69) is 5.16 Å². The fraction of sp³-hybridized carbons (Fsp3) is 0.160. The molecule has 4 rings (SSSR count). The topological polar surface area (TPSA) is 127 Å². The first-order valence-corrected chi connectivity index (χ1v) is 11.4. The van der Waals surface area contributed by atoms with Crippen LogP contribution in [0, 0.1) is 0 Å². The lowest BCUT2D eigenvalue weighted by atomic mass is 10.0. The summed E-state index contributed by atoms with van der Waals surface area (Å²) in [6, 6.07) is 21.0. The Kier molecular flexibility index (Phi) is 7.05. The van der Waals surface area contributed by atoms with Gasteiger partial charge in [-0.25, -0.2) is 0 Å². The van der Waals surface area contributed by atoms with Gasteiger partial charge in [0.2, 0.25) is 0 Å². The van der Waals surface area contributed by atoms with E-state index in [0.717, 1.165) is 32.7 Å². The molecule has 0 saturated heterocycles. The smallest absolute Gasteiger partial charge is 0.320 e. The molecule has 34 heavy (non-hydrogen) atoms. The number of carboxylic acids is 1. The lowest BCUT2D eigenvalue weighted by molar-refractivity contribution is -0.138. The molecule has 0 bridgehead atoms. The molecule has 3 aromatic carbocycles. The number of hydrogen-bond acceptors (Lipinski definition) is 7. The van der Waals surface area contributed by atoms with Crippen molar-refractivity contribution >= 4 is 33.2 Å². The standard InChI is InChI=1S/C25H23N3O5S/c26-20(24(29)30)14-16-6-9-19(10-7-16)33-13-12-28-21-11-8-18(15-22(21)34-25(28)31)23(27-32)17-4-2-1-3-5-17/h1-11,15,20,32H,12-14,26H2,(H,29,30). The van der Waals surface area contributed by atoms with E-state index in [0.29, 0.717) is 23.6 Å². The van der Waals surface area contributed by atoms with E-state index in [9.17, 15) is 14.8 Å². The highest BCUT2D eigenvalue weighted by molar-refractivity contribution is 7.16. The van der Waals surface area contributed by atoms with Gasteiger partial charge < -0.3 is 20.8 Å². The first-order valence-electron chi connectivity index (χ1n) is 10.6. The van der Waals surface area contributed by atoms with Crippen molar-refractivity contribution in [2.75, 3.05) is 6.61 Å². The summed E-state index contributed by atoms with van der Waals surface area (Å²) in [6.07, 6.45) is 0.237. The van der Waals surface area contributed by atoms with Gasteiger partial charge in [0, 0.05) is 11.1 Å². The number of oxime groups is 1. The number of ether oxygens (including phenoxy) is 1. The number of thiazole rings is 1. The van der Waals surface area contributed by atoms with Crippen molar-refractivity contribution in [1.29, 1.82) is 0 Å². The van der Waals surface area contributed by atoms with Gasteiger partial charge >= 0.3 is 10.8 Å². The minimum atomic E-state index is -1.04. The monoisotopic (exact) mass is 477 g/mol. The van der Waals surface area contributed by atoms with Gasteiger partial charge in [-0.15, -0.1) is 0 Å². The molecule has 0 aliphatic rings. The summed E-state index contributed by atoms with van der Waals surface area (Å²) < 4.78 is 8.22. The summed E-state index contributed by atoms with van der Waals surface area (Å²) in [5.41, 5.74) is 9.08. The average molecular weight is 478 g/mol. The normalized spacial score (nSPS) is 12.6. The maximum Gasteiger partial charge on any atom is 0.320 e. The van der Waals surface area contributed by atoms with Crippen molar-refractivity contribution in [1.82, 2.24) is 4.57 Å². The molecule has 0 saturated carbocycles. The molecule has 9 heteroatoms. The fourth-order valence-electron chi connectivity index (χ4n) is 3.62. The maximum atomic E-state index is 12.6. The summed E-state index contributed by atoms with van der Waals surface area (Å²) >= 11 is 1.13. The quantitative estimate of drug-likeness (QED) is 0.193. The second-order valence-corrected chi connectivity index (χ2v) is 8.65. The Morgan fingerprint density at radius 2 is 1.79 bits per heavy atom. The predicted octanol–water partition coefficient (Wildman–Crippen LogP) is 3.32. The van der Waals surface area contributed by atoms with Crippen molar-refractivity contribution in [3.63, 3.8) is 0 Å². The molecule has 0 aliphatic carbocycles. The molecule has 1 aromatic heterocycles. The zero-order chi connectivity index (χ0) is 24.1. The summed E-state index contributed by atoms with van der Waals surface area (Å²) in [5.74, 6) is -0.421. The third-order valence-corrected chi connectivity index (χ3v) is 6.31. The molecule has 8 nitrogen and oxygen atoms in total. The Morgan fingerprint density at radius 1 is 1.06 bits per heavy atom. The molecular weight excluding hydrogens is 454 g/mol. The minimum absolute atomic E-state index is 0.101. The number of carbonyl (C=O) groups is 1. The van der Waals surface area contributed by atoms with Crippen molar-refractivity contribution in [3.05, 3.63) is 99.2 Å². The number of hydrogen-bond donors (Lipinski definition) is 3. The van der Waals surface area contributed by atoms with Crippen LogP contribution >= 0.6 is 11.3 Å². The molecule has 1 heterocycles. The lowest BCUT2D eigenvalue weighted by Crippen LogP contribution is -2.32. The Balaban J connectivity index is 1.44. The van der Waals surface area contributed by atoms with E-state index in [1.165, 1.54) is 0 Å². The van der Waals surface area contributed by atoms with Gasteiger partial charge in [0.05, 0.1) is 16.8 Å². The van der Waals surface area contributed by atoms with E-state index in [1.54, 1.807) is 28.8 Å². The van der Waals surface area contributed by atoms with E-state index in [-0.39, 0.29) is 17.9 Å². The lowest BCUT2D eigenvalue weighted by Gasteiger charge is -2.10. The van der Waals surface area contributed by atoms with Crippen LogP contribution in [0.5, 0.6) is 5.75 Å². The van der Waals surface area contributed by atoms with Gasteiger partial charge in [-0.1, -0.05) is 65.0 Å². The van der Waals surface area contributed by atoms with Crippen LogP contribution in [0.2, 0.25) is 0 Å². The number of rotatable bonds is 9. The molecule has 0 aliphatic heterocycles. The molecule has 1 unspecified atom stereocenters. The largest absolute Gasteiger partial charge is 0.492 e. The Labute approximate surface area is 199 Å². The van der Waals surface area contributed by atoms with Gasteiger partial charge in [0.15, 0.2) is 0 Å². The average Bonchev–Trinajstić information content (AvgIpc) is 3.15. The van der Waals surface area contributed by atoms with Gasteiger partial charge in [-0.3, -0.25) is 14.2 Å². The van der Waals surface area contributed by atoms with Crippen LogP contribution < -0.4 is 15.3 Å². The summed E-state index contributed by atoms with van der Waals surface area (Å²) in [6.45, 7) is 0.651. The number of aliphatic carboxylic acids is 1. The van der Waals surface area contributed by atoms with Crippen LogP contribution in [-0.2, 0) is 17.8 Å². The van der Waals surface area contributed by atoms with Gasteiger partial charge in [0.25, 0.3) is 0 Å². The molecular formula is C25H23N3O5S. The van der Waals surface area contributed by atoms with Gasteiger partial charge in [0.1, 0.15) is 24.1 Å². The molecule has 0 spiro atoms. The fourth-order valence-corrected chi connectivity index (χ4v) is 4.58. The van der Waals surface area contributed by atoms with Gasteiger partial charge in [-0.05, 0) is 36.2 Å². The number of benzene rings is 3. The zero-order valence-corrected chi connectivity index (χ0v) is 18.9. The molecule has 0 fully saturated rings. The molecule has 0 radical (unpaired) electrons. The Hall–Kier alpha value is -3.95. The van der Waals surface area contributed by atoms with E-state index in [4.69, 9.17) is 15.6 Å². The Morgan fingerprint density at radius 3 is 2.47 bits per heavy atom. The van der Waals surface area contributed by atoms with Crippen LogP contribution in [0.3, 0.4) is 0 Å². The predicted molar refractivity (Wildman–Crippen MR) is 131 cm³/mol. The third-order valence-electron chi connectivity index (χ3n) is 5.37. The van der Waals surface area contributed by atoms with Crippen LogP contribution in [0.1, 0.15) is 16.7 Å². The highest BCUT2D eigenvalue weighted by Crippen LogP contribution is 2.22. The number of fused-ring (bicyclic) bond motifs is 1. The highest BCUT2D eigenvalue weighted by atomic mass is 32.1. The van der Waals surface area contributed by atoms with Crippen molar-refractivity contribution in [2.24, 2.45) is 10.9 Å². The first-order chi connectivity index (χ1) is 16.5. The molecule has 1 atom stereocenters. The Bertz CT molecular complexity index is 1380. The third kappa shape index (κ3) is 5.16. The van der Waals surface area contributed by atoms with Gasteiger partial charge in [-0.2, -0.15) is 0 Å². The second-order valence-electron chi connectivity index (χ2n) is 7.66. The SMILES string of the molecule is NC(Cc1ccc(OCCn2c(=O)sc3cc(C(=NO)c4ccccc4)ccc32)cc1)C(=O)O. The zero-order valence-electron chi connectivity index (χ0n) is 18.1. The van der Waals surface area contributed by atoms with E-state index >= 15 is 0 Å². The maximum absolute atomic E-state index is 12.6. The first kappa shape index (κ1) is 23.2. The molecule has 0 amide bonds. The number of nitrogens with zero attached hydrogens (tertiary/aromatic N) is 2.